The van der Waals surface area contributed by atoms with Crippen LogP contribution in [0.5, 0.6) is 0 Å². The van der Waals surface area contributed by atoms with Crippen LogP contribution in [0.2, 0.25) is 0 Å². The lowest BCUT2D eigenvalue weighted by Crippen LogP contribution is -2.50. The van der Waals surface area contributed by atoms with Crippen molar-refractivity contribution in [2.75, 3.05) is 19.7 Å². The first kappa shape index (κ1) is 23.2. The van der Waals surface area contributed by atoms with Gasteiger partial charge in [0.05, 0.1) is 0 Å². The number of nitrogens with zero attached hydrogens (tertiary/aromatic N) is 1. The van der Waals surface area contributed by atoms with Gasteiger partial charge in [0.1, 0.15) is 12.1 Å². The van der Waals surface area contributed by atoms with Crippen LogP contribution in [0, 0.1) is 0 Å². The van der Waals surface area contributed by atoms with Gasteiger partial charge >= 0.3 is 5.97 Å². The van der Waals surface area contributed by atoms with Crippen LogP contribution in [-0.4, -0.2) is 30.6 Å². The van der Waals surface area contributed by atoms with Gasteiger partial charge in [0.25, 0.3) is 0 Å². The molecule has 3 nitrogen and oxygen atoms in total. The average molecular weight is 390 g/mol. The van der Waals surface area contributed by atoms with Crippen molar-refractivity contribution in [1.29, 1.82) is 0 Å². The summed E-state index contributed by atoms with van der Waals surface area (Å²) < 4.78 is 5.82. The van der Waals surface area contributed by atoms with Gasteiger partial charge in [-0.15, -0.1) is 12.4 Å². The number of hydrogen-bond acceptors (Lipinski definition) is 3. The molecule has 0 amide bonds. The molecule has 0 aliphatic heterocycles. The molecule has 2 aromatic carbocycles. The number of rotatable bonds is 10. The van der Waals surface area contributed by atoms with Crippen LogP contribution in [0.1, 0.15) is 51.2 Å². The first-order valence-corrected chi connectivity index (χ1v) is 9.70. The van der Waals surface area contributed by atoms with Crippen LogP contribution in [0.15, 0.2) is 60.7 Å². The van der Waals surface area contributed by atoms with Gasteiger partial charge in [-0.25, -0.2) is 0 Å². The Bertz CT molecular complexity index is 617. The molecule has 0 radical (unpaired) electrons. The summed E-state index contributed by atoms with van der Waals surface area (Å²) in [6.45, 7) is 8.46. The minimum Gasteiger partial charge on any atom is -0.463 e. The van der Waals surface area contributed by atoms with E-state index in [0.29, 0.717) is 13.0 Å². The molecule has 148 valence electrons. The minimum absolute atomic E-state index is 0. The Morgan fingerprint density at radius 3 is 1.78 bits per heavy atom. The second-order valence-electron chi connectivity index (χ2n) is 6.53. The number of halogens is 1. The molecule has 2 aromatic rings. The zero-order valence-electron chi connectivity index (χ0n) is 16.7. The maximum atomic E-state index is 12.3. The van der Waals surface area contributed by atoms with Crippen LogP contribution < -0.4 is 0 Å². The summed E-state index contributed by atoms with van der Waals surface area (Å²) >= 11 is 0. The maximum Gasteiger partial charge on any atom is 0.305 e. The fraction of sp³-hybridized carbons (Fsp3) is 0.435. The summed E-state index contributed by atoms with van der Waals surface area (Å²) in [5, 5.41) is 0. The highest BCUT2D eigenvalue weighted by molar-refractivity contribution is 5.85. The molecular weight excluding hydrogens is 358 g/mol. The van der Waals surface area contributed by atoms with E-state index in [2.05, 4.69) is 74.2 Å². The second-order valence-corrected chi connectivity index (χ2v) is 6.53. The Morgan fingerprint density at radius 1 is 0.889 bits per heavy atom. The molecule has 0 fully saturated rings. The quantitative estimate of drug-likeness (QED) is 0.507. The molecule has 0 atom stereocenters. The monoisotopic (exact) mass is 389 g/mol. The van der Waals surface area contributed by atoms with Crippen molar-refractivity contribution in [2.45, 2.75) is 45.6 Å². The number of unbranched alkanes of at least 4 members (excludes halogenated alkanes) is 1. The molecular formula is C23H32ClNO2. The van der Waals surface area contributed by atoms with Crippen LogP contribution in [0.4, 0.5) is 0 Å². The highest BCUT2D eigenvalue weighted by Crippen LogP contribution is 2.36. The molecule has 0 aromatic heterocycles. The zero-order chi connectivity index (χ0) is 18.8. The molecule has 0 saturated carbocycles. The molecule has 0 aliphatic rings. The molecule has 2 rings (SSSR count). The molecule has 27 heavy (non-hydrogen) atoms. The number of hydrogen-bond donors (Lipinski definition) is 0. The van der Waals surface area contributed by atoms with Crippen molar-refractivity contribution in [2.24, 2.45) is 0 Å². The number of ether oxygens (including phenoxy) is 1. The summed E-state index contributed by atoms with van der Waals surface area (Å²) in [4.78, 5) is 14.6. The fourth-order valence-electron chi connectivity index (χ4n) is 3.56. The largest absolute Gasteiger partial charge is 0.463 e. The number of carbonyl (C=O) groups is 1. The Labute approximate surface area is 170 Å². The van der Waals surface area contributed by atoms with Crippen molar-refractivity contribution < 1.29 is 9.53 Å². The third-order valence-electron chi connectivity index (χ3n) is 4.98. The maximum absolute atomic E-state index is 12.3. The Morgan fingerprint density at radius 2 is 1.37 bits per heavy atom. The van der Waals surface area contributed by atoms with Crippen molar-refractivity contribution in [3.8, 4) is 0 Å². The third-order valence-corrected chi connectivity index (χ3v) is 4.98. The molecule has 0 heterocycles. The molecule has 0 aliphatic carbocycles. The van der Waals surface area contributed by atoms with Crippen molar-refractivity contribution in [3.63, 3.8) is 0 Å². The lowest BCUT2D eigenvalue weighted by atomic mass is 9.81. The van der Waals surface area contributed by atoms with Gasteiger partial charge in [-0.3, -0.25) is 9.69 Å². The van der Waals surface area contributed by atoms with E-state index >= 15 is 0 Å². The lowest BCUT2D eigenvalue weighted by Gasteiger charge is -2.43. The van der Waals surface area contributed by atoms with Crippen molar-refractivity contribution >= 4 is 18.4 Å². The van der Waals surface area contributed by atoms with Crippen LogP contribution >= 0.6 is 12.4 Å². The van der Waals surface area contributed by atoms with E-state index in [1.165, 1.54) is 0 Å². The predicted molar refractivity (Wildman–Crippen MR) is 114 cm³/mol. The topological polar surface area (TPSA) is 29.5 Å². The smallest absolute Gasteiger partial charge is 0.305 e. The number of benzene rings is 2. The summed E-state index contributed by atoms with van der Waals surface area (Å²) in [7, 11) is 0. The van der Waals surface area contributed by atoms with Gasteiger partial charge in [0.15, 0.2) is 0 Å². The summed E-state index contributed by atoms with van der Waals surface area (Å²) in [5.41, 5.74) is 1.82. The van der Waals surface area contributed by atoms with Gasteiger partial charge in [0.2, 0.25) is 0 Å². The van der Waals surface area contributed by atoms with E-state index in [-0.39, 0.29) is 18.4 Å². The van der Waals surface area contributed by atoms with E-state index in [4.69, 9.17) is 4.74 Å². The fourth-order valence-corrected chi connectivity index (χ4v) is 3.56. The SMILES string of the molecule is CCCCC(=O)OCC(c1ccccc1)(c1ccccc1)N(CC)CC.Cl. The standard InChI is InChI=1S/C23H31NO2.ClH/c1-4-7-18-22(25)26-19-23(24(5-2)6-3,20-14-10-8-11-15-20)21-16-12-9-13-17-21;/h8-17H,4-7,18-19H2,1-3H3;1H. The van der Waals surface area contributed by atoms with Crippen molar-refractivity contribution in [3.05, 3.63) is 71.8 Å². The van der Waals surface area contributed by atoms with Crippen LogP contribution in [0.3, 0.4) is 0 Å². The second kappa shape index (κ2) is 11.8. The first-order valence-electron chi connectivity index (χ1n) is 9.70. The van der Waals surface area contributed by atoms with E-state index < -0.39 is 5.54 Å². The number of carbonyl (C=O) groups excluding carboxylic acids is 1. The van der Waals surface area contributed by atoms with Crippen LogP contribution in [0.25, 0.3) is 0 Å². The van der Waals surface area contributed by atoms with E-state index in [1.807, 2.05) is 12.1 Å². The highest BCUT2D eigenvalue weighted by atomic mass is 35.5. The van der Waals surface area contributed by atoms with E-state index in [9.17, 15) is 4.79 Å². The lowest BCUT2D eigenvalue weighted by molar-refractivity contribution is -0.147. The Kier molecular flexibility index (Phi) is 10.1. The first-order chi connectivity index (χ1) is 12.7. The van der Waals surface area contributed by atoms with Gasteiger partial charge in [-0.05, 0) is 30.6 Å². The minimum atomic E-state index is -0.478. The summed E-state index contributed by atoms with van der Waals surface area (Å²) in [6.07, 6.45) is 2.34. The number of likely N-dealkylation sites (N-methyl/N-ethyl adjacent to an activating group) is 1. The molecule has 0 N–H and O–H groups in total. The van der Waals surface area contributed by atoms with Gasteiger partial charge < -0.3 is 4.74 Å². The van der Waals surface area contributed by atoms with Crippen molar-refractivity contribution in [1.82, 2.24) is 4.90 Å². The Balaban J connectivity index is 0.00000364. The van der Waals surface area contributed by atoms with Crippen LogP contribution in [-0.2, 0) is 15.1 Å². The highest BCUT2D eigenvalue weighted by Gasteiger charge is 2.40. The normalized spacial score (nSPS) is 11.1. The predicted octanol–water partition coefficient (Wildman–Crippen LogP) is 5.43. The zero-order valence-corrected chi connectivity index (χ0v) is 17.5. The van der Waals surface area contributed by atoms with E-state index in [1.54, 1.807) is 0 Å². The van der Waals surface area contributed by atoms with Gasteiger partial charge in [0, 0.05) is 6.42 Å². The molecule has 0 spiro atoms. The van der Waals surface area contributed by atoms with Gasteiger partial charge in [-0.1, -0.05) is 87.9 Å². The van der Waals surface area contributed by atoms with E-state index in [0.717, 1.165) is 37.1 Å². The summed E-state index contributed by atoms with van der Waals surface area (Å²) in [5.74, 6) is -0.116. The molecule has 0 bridgehead atoms. The number of esters is 1. The third kappa shape index (κ3) is 5.57. The molecule has 4 heteroatoms. The Hall–Kier alpha value is -1.84. The summed E-state index contributed by atoms with van der Waals surface area (Å²) in [6, 6.07) is 20.8. The average Bonchev–Trinajstić information content (AvgIpc) is 2.71. The molecule has 0 saturated heterocycles. The molecule has 0 unspecified atom stereocenters. The van der Waals surface area contributed by atoms with Gasteiger partial charge in [-0.2, -0.15) is 0 Å².